The average Bonchev–Trinajstić information content (AvgIpc) is 2.83. The number of likely N-dealkylation sites (N-methyl/N-ethyl adjacent to an activating group) is 1. The number of amides is 2. The monoisotopic (exact) mass is 438 g/mol. The van der Waals surface area contributed by atoms with Crippen LogP contribution in [0.2, 0.25) is 0 Å². The van der Waals surface area contributed by atoms with Gasteiger partial charge in [-0.15, -0.1) is 0 Å². The lowest BCUT2D eigenvalue weighted by Gasteiger charge is -2.32. The summed E-state index contributed by atoms with van der Waals surface area (Å²) in [6, 6.07) is 16.7. The first-order valence-electron chi connectivity index (χ1n) is 10.9. The third kappa shape index (κ3) is 6.33. The fraction of sp³-hybridized carbons (Fsp3) is 0.400. The van der Waals surface area contributed by atoms with Crippen LogP contribution in [-0.4, -0.2) is 60.9 Å². The van der Waals surface area contributed by atoms with Crippen molar-refractivity contribution < 1.29 is 23.9 Å². The van der Waals surface area contributed by atoms with Gasteiger partial charge >= 0.3 is 5.97 Å². The number of benzene rings is 2. The number of nitrogens with zero attached hydrogens (tertiary/aromatic N) is 2. The van der Waals surface area contributed by atoms with Crippen molar-refractivity contribution in [3.63, 3.8) is 0 Å². The van der Waals surface area contributed by atoms with Gasteiger partial charge < -0.3 is 19.3 Å². The number of rotatable bonds is 8. The lowest BCUT2D eigenvalue weighted by molar-refractivity contribution is -0.151. The van der Waals surface area contributed by atoms with Crippen molar-refractivity contribution >= 4 is 17.8 Å². The molecule has 170 valence electrons. The molecule has 3 rings (SSSR count). The molecule has 1 heterocycles. The van der Waals surface area contributed by atoms with E-state index in [0.29, 0.717) is 44.0 Å². The zero-order valence-electron chi connectivity index (χ0n) is 18.7. The normalized spacial score (nSPS) is 15.7. The van der Waals surface area contributed by atoms with Crippen molar-refractivity contribution in [1.29, 1.82) is 0 Å². The predicted molar refractivity (Wildman–Crippen MR) is 120 cm³/mol. The highest BCUT2D eigenvalue weighted by molar-refractivity contribution is 5.96. The zero-order chi connectivity index (χ0) is 22.9. The van der Waals surface area contributed by atoms with E-state index in [-0.39, 0.29) is 30.2 Å². The SMILES string of the molecule is CCOC(=O)C1CCCN(C(=O)CN(C)C(=O)c2cccc(OCc3ccccc3)c2)C1. The van der Waals surface area contributed by atoms with Crippen LogP contribution in [0.25, 0.3) is 0 Å². The van der Waals surface area contributed by atoms with E-state index in [4.69, 9.17) is 9.47 Å². The van der Waals surface area contributed by atoms with Crippen LogP contribution >= 0.6 is 0 Å². The molecule has 0 bridgehead atoms. The van der Waals surface area contributed by atoms with E-state index in [9.17, 15) is 14.4 Å². The number of piperidine rings is 1. The molecule has 0 saturated carbocycles. The quantitative estimate of drug-likeness (QED) is 0.592. The van der Waals surface area contributed by atoms with Crippen molar-refractivity contribution in [2.75, 3.05) is 33.3 Å². The summed E-state index contributed by atoms with van der Waals surface area (Å²) in [5, 5.41) is 0. The second-order valence-corrected chi connectivity index (χ2v) is 7.89. The fourth-order valence-electron chi connectivity index (χ4n) is 3.71. The van der Waals surface area contributed by atoms with Crippen molar-refractivity contribution in [2.45, 2.75) is 26.4 Å². The van der Waals surface area contributed by atoms with Crippen LogP contribution in [-0.2, 0) is 20.9 Å². The Morgan fingerprint density at radius 3 is 2.62 bits per heavy atom. The van der Waals surface area contributed by atoms with Gasteiger partial charge in [0, 0.05) is 25.7 Å². The van der Waals surface area contributed by atoms with E-state index in [2.05, 4.69) is 0 Å². The molecule has 2 aromatic rings. The molecule has 1 saturated heterocycles. The Morgan fingerprint density at radius 2 is 1.88 bits per heavy atom. The first kappa shape index (κ1) is 23.3. The molecule has 1 aliphatic heterocycles. The second kappa shape index (κ2) is 11.3. The number of hydrogen-bond donors (Lipinski definition) is 0. The van der Waals surface area contributed by atoms with Crippen molar-refractivity contribution in [2.24, 2.45) is 5.92 Å². The van der Waals surface area contributed by atoms with Gasteiger partial charge in [-0.25, -0.2) is 0 Å². The van der Waals surface area contributed by atoms with Gasteiger partial charge in [0.2, 0.25) is 5.91 Å². The Kier molecular flexibility index (Phi) is 8.25. The number of carbonyl (C=O) groups excluding carboxylic acids is 3. The van der Waals surface area contributed by atoms with Crippen LogP contribution in [0.1, 0.15) is 35.7 Å². The number of ether oxygens (including phenoxy) is 2. The van der Waals surface area contributed by atoms with Crippen LogP contribution in [0.15, 0.2) is 54.6 Å². The molecule has 7 heteroatoms. The molecule has 1 aliphatic rings. The van der Waals surface area contributed by atoms with Gasteiger partial charge in [-0.2, -0.15) is 0 Å². The molecule has 1 fully saturated rings. The van der Waals surface area contributed by atoms with Crippen molar-refractivity contribution in [3.05, 3.63) is 65.7 Å². The van der Waals surface area contributed by atoms with E-state index < -0.39 is 0 Å². The van der Waals surface area contributed by atoms with Gasteiger partial charge in [0.05, 0.1) is 19.1 Å². The molecule has 0 spiro atoms. The predicted octanol–water partition coefficient (Wildman–Crippen LogP) is 3.14. The Hall–Kier alpha value is -3.35. The molecule has 0 aliphatic carbocycles. The Bertz CT molecular complexity index is 931. The van der Waals surface area contributed by atoms with Crippen LogP contribution in [0.4, 0.5) is 0 Å². The maximum Gasteiger partial charge on any atom is 0.310 e. The van der Waals surface area contributed by atoms with Crippen LogP contribution in [0, 0.1) is 5.92 Å². The summed E-state index contributed by atoms with van der Waals surface area (Å²) in [6.07, 6.45) is 1.46. The van der Waals surface area contributed by atoms with Gasteiger partial charge in [0.1, 0.15) is 12.4 Å². The van der Waals surface area contributed by atoms with E-state index in [1.807, 2.05) is 30.3 Å². The topological polar surface area (TPSA) is 76.2 Å². The van der Waals surface area contributed by atoms with E-state index >= 15 is 0 Å². The maximum absolute atomic E-state index is 12.9. The van der Waals surface area contributed by atoms with Crippen LogP contribution in [0.3, 0.4) is 0 Å². The van der Waals surface area contributed by atoms with Crippen LogP contribution < -0.4 is 4.74 Å². The molecular formula is C25H30N2O5. The smallest absolute Gasteiger partial charge is 0.310 e. The minimum absolute atomic E-state index is 0.0521. The molecule has 0 aromatic heterocycles. The summed E-state index contributed by atoms with van der Waals surface area (Å²) in [5.74, 6) is -0.407. The number of esters is 1. The number of carbonyl (C=O) groups is 3. The standard InChI is InChI=1S/C25H30N2O5/c1-3-31-25(30)21-12-8-14-27(16-21)23(28)17-26(2)24(29)20-11-7-13-22(15-20)32-18-19-9-5-4-6-10-19/h4-7,9-11,13,15,21H,3,8,12,14,16-18H2,1-2H3. The third-order valence-electron chi connectivity index (χ3n) is 5.44. The maximum atomic E-state index is 12.9. The molecule has 1 atom stereocenters. The van der Waals surface area contributed by atoms with Gasteiger partial charge in [-0.05, 0) is 43.5 Å². The largest absolute Gasteiger partial charge is 0.489 e. The van der Waals surface area contributed by atoms with Gasteiger partial charge in [0.25, 0.3) is 5.91 Å². The molecule has 7 nitrogen and oxygen atoms in total. The second-order valence-electron chi connectivity index (χ2n) is 7.89. The van der Waals surface area contributed by atoms with E-state index in [0.717, 1.165) is 12.0 Å². The van der Waals surface area contributed by atoms with Crippen molar-refractivity contribution in [1.82, 2.24) is 9.80 Å². The highest BCUT2D eigenvalue weighted by atomic mass is 16.5. The zero-order valence-corrected chi connectivity index (χ0v) is 18.7. The summed E-state index contributed by atoms with van der Waals surface area (Å²) < 4.78 is 10.9. The lowest BCUT2D eigenvalue weighted by Crippen LogP contribution is -2.47. The first-order valence-corrected chi connectivity index (χ1v) is 10.9. The summed E-state index contributed by atoms with van der Waals surface area (Å²) in [6.45, 7) is 3.37. The van der Waals surface area contributed by atoms with Gasteiger partial charge in [-0.3, -0.25) is 14.4 Å². The minimum Gasteiger partial charge on any atom is -0.489 e. The summed E-state index contributed by atoms with van der Waals surface area (Å²) in [7, 11) is 1.60. The minimum atomic E-state index is -0.299. The molecular weight excluding hydrogens is 408 g/mol. The number of hydrogen-bond acceptors (Lipinski definition) is 5. The van der Waals surface area contributed by atoms with Gasteiger partial charge in [-0.1, -0.05) is 36.4 Å². The van der Waals surface area contributed by atoms with E-state index in [1.54, 1.807) is 43.1 Å². The summed E-state index contributed by atoms with van der Waals surface area (Å²) >= 11 is 0. The van der Waals surface area contributed by atoms with E-state index in [1.165, 1.54) is 4.90 Å². The van der Waals surface area contributed by atoms with Crippen molar-refractivity contribution in [3.8, 4) is 5.75 Å². The summed E-state index contributed by atoms with van der Waals surface area (Å²) in [4.78, 5) is 40.7. The number of likely N-dealkylation sites (tertiary alicyclic amines) is 1. The fourth-order valence-corrected chi connectivity index (χ4v) is 3.71. The molecule has 0 radical (unpaired) electrons. The molecule has 1 unspecified atom stereocenters. The Labute approximate surface area is 188 Å². The summed E-state index contributed by atoms with van der Waals surface area (Å²) in [5.41, 5.74) is 1.49. The Morgan fingerprint density at radius 1 is 1.09 bits per heavy atom. The average molecular weight is 439 g/mol. The molecule has 32 heavy (non-hydrogen) atoms. The third-order valence-corrected chi connectivity index (χ3v) is 5.44. The molecule has 2 aromatic carbocycles. The highest BCUT2D eigenvalue weighted by Gasteiger charge is 2.30. The van der Waals surface area contributed by atoms with Crippen LogP contribution in [0.5, 0.6) is 5.75 Å². The van der Waals surface area contributed by atoms with Gasteiger partial charge in [0.15, 0.2) is 0 Å². The molecule has 2 amide bonds. The first-order chi connectivity index (χ1) is 15.5. The Balaban J connectivity index is 1.55. The lowest BCUT2D eigenvalue weighted by atomic mass is 9.98. The molecule has 0 N–H and O–H groups in total. The highest BCUT2D eigenvalue weighted by Crippen LogP contribution is 2.19.